The molecule has 0 aliphatic heterocycles. The molecule has 0 radical (unpaired) electrons. The van der Waals surface area contributed by atoms with Crippen molar-refractivity contribution in [3.8, 4) is 5.75 Å². The van der Waals surface area contributed by atoms with Gasteiger partial charge in [-0.25, -0.2) is 4.98 Å². The maximum absolute atomic E-state index is 12.9. The Bertz CT molecular complexity index is 1130. The molecule has 1 aromatic carbocycles. The van der Waals surface area contributed by atoms with Gasteiger partial charge in [0, 0.05) is 13.0 Å². The molecule has 0 bridgehead atoms. The Morgan fingerprint density at radius 1 is 1.25 bits per heavy atom. The molecule has 7 nitrogen and oxygen atoms in total. The zero-order valence-electron chi connectivity index (χ0n) is 16.2. The Morgan fingerprint density at radius 2 is 1.96 bits per heavy atom. The van der Waals surface area contributed by atoms with Crippen LogP contribution >= 0.6 is 11.3 Å². The predicted octanol–water partition coefficient (Wildman–Crippen LogP) is 3.31. The molecule has 0 aliphatic carbocycles. The van der Waals surface area contributed by atoms with E-state index in [2.05, 4.69) is 10.3 Å². The maximum atomic E-state index is 12.9. The molecule has 28 heavy (non-hydrogen) atoms. The van der Waals surface area contributed by atoms with E-state index in [1.807, 2.05) is 6.07 Å². The number of fused-ring (bicyclic) bond motifs is 1. The minimum absolute atomic E-state index is 0.00492. The number of rotatable bonds is 6. The van der Waals surface area contributed by atoms with Crippen LogP contribution in [0.5, 0.6) is 5.75 Å². The third-order valence-electron chi connectivity index (χ3n) is 4.49. The number of carbonyl (C=O) groups is 2. The number of hydrogen-bond acceptors (Lipinski definition) is 6. The fourth-order valence-corrected chi connectivity index (χ4v) is 4.11. The number of hydrogen-bond donors (Lipinski definition) is 1. The molecule has 1 N–H and O–H groups in total. The average Bonchev–Trinajstić information content (AvgIpc) is 2.98. The van der Waals surface area contributed by atoms with E-state index in [0.29, 0.717) is 37.9 Å². The first kappa shape index (κ1) is 19.8. The zero-order valence-corrected chi connectivity index (χ0v) is 17.0. The molecule has 8 heteroatoms. The first-order chi connectivity index (χ1) is 13.3. The van der Waals surface area contributed by atoms with Crippen molar-refractivity contribution in [2.75, 3.05) is 12.4 Å². The van der Waals surface area contributed by atoms with Crippen LogP contribution in [0, 0.1) is 13.8 Å². The maximum Gasteiger partial charge on any atom is 0.266 e. The summed E-state index contributed by atoms with van der Waals surface area (Å²) in [6, 6.07) is 7.12. The molecular formula is C20H21N3O4S. The van der Waals surface area contributed by atoms with Crippen molar-refractivity contribution in [3.63, 3.8) is 0 Å². The first-order valence-electron chi connectivity index (χ1n) is 8.77. The van der Waals surface area contributed by atoms with Crippen LogP contribution < -0.4 is 15.6 Å². The second kappa shape index (κ2) is 7.93. The molecule has 0 spiro atoms. The molecule has 3 rings (SSSR count). The third-order valence-corrected chi connectivity index (χ3v) is 5.67. The van der Waals surface area contributed by atoms with Crippen molar-refractivity contribution >= 4 is 38.9 Å². The van der Waals surface area contributed by atoms with Crippen molar-refractivity contribution < 1.29 is 14.3 Å². The molecule has 2 aromatic heterocycles. The van der Waals surface area contributed by atoms with E-state index in [9.17, 15) is 14.4 Å². The highest BCUT2D eigenvalue weighted by molar-refractivity contribution is 7.20. The Balaban J connectivity index is 2.02. The number of ketones is 1. The number of ether oxygens (including phenoxy) is 1. The zero-order chi connectivity index (χ0) is 20.4. The number of nitrogens with zero attached hydrogens (tertiary/aromatic N) is 2. The summed E-state index contributed by atoms with van der Waals surface area (Å²) in [6.45, 7) is 5.23. The summed E-state index contributed by atoms with van der Waals surface area (Å²) < 4.78 is 6.75. The highest BCUT2D eigenvalue weighted by Gasteiger charge is 2.21. The topological polar surface area (TPSA) is 90.3 Å². The molecule has 0 fully saturated rings. The van der Waals surface area contributed by atoms with Gasteiger partial charge in [-0.15, -0.1) is 11.3 Å². The predicted molar refractivity (Wildman–Crippen MR) is 110 cm³/mol. The van der Waals surface area contributed by atoms with E-state index >= 15 is 0 Å². The lowest BCUT2D eigenvalue weighted by atomic mass is 10.2. The van der Waals surface area contributed by atoms with Gasteiger partial charge in [0.15, 0.2) is 0 Å². The van der Waals surface area contributed by atoms with Gasteiger partial charge in [-0.3, -0.25) is 19.0 Å². The van der Waals surface area contributed by atoms with E-state index in [1.165, 1.54) is 29.9 Å². The van der Waals surface area contributed by atoms with Crippen molar-refractivity contribution in [1.82, 2.24) is 9.55 Å². The van der Waals surface area contributed by atoms with Crippen molar-refractivity contribution in [2.45, 2.75) is 33.7 Å². The van der Waals surface area contributed by atoms with Crippen molar-refractivity contribution in [1.29, 1.82) is 0 Å². The monoisotopic (exact) mass is 399 g/mol. The van der Waals surface area contributed by atoms with Crippen LogP contribution in [0.1, 0.15) is 34.4 Å². The number of benzene rings is 1. The van der Waals surface area contributed by atoms with Gasteiger partial charge in [0.1, 0.15) is 22.2 Å². The van der Waals surface area contributed by atoms with Gasteiger partial charge in [0.05, 0.1) is 23.1 Å². The van der Waals surface area contributed by atoms with Crippen LogP contribution in [0.15, 0.2) is 29.1 Å². The minimum atomic E-state index is -0.322. The molecule has 0 saturated carbocycles. The van der Waals surface area contributed by atoms with E-state index in [-0.39, 0.29) is 30.2 Å². The SMILES string of the molecule is COc1ccccc1NC(=O)c1sc2nc(C)n(CCC(C)=O)c(=O)c2c1C. The fraction of sp³-hybridized carbons (Fsp3) is 0.300. The quantitative estimate of drug-likeness (QED) is 0.687. The van der Waals surface area contributed by atoms with Crippen LogP contribution in [0.3, 0.4) is 0 Å². The molecule has 146 valence electrons. The summed E-state index contributed by atoms with van der Waals surface area (Å²) >= 11 is 1.18. The van der Waals surface area contributed by atoms with E-state index in [0.717, 1.165) is 0 Å². The molecule has 0 saturated heterocycles. The number of para-hydroxylation sites is 2. The second-order valence-electron chi connectivity index (χ2n) is 6.46. The molecular weight excluding hydrogens is 378 g/mol. The number of carbonyl (C=O) groups excluding carboxylic acids is 2. The smallest absolute Gasteiger partial charge is 0.266 e. The van der Waals surface area contributed by atoms with Crippen LogP contribution in [-0.4, -0.2) is 28.4 Å². The van der Waals surface area contributed by atoms with E-state index < -0.39 is 0 Å². The molecule has 0 atom stereocenters. The molecule has 0 aliphatic rings. The lowest BCUT2D eigenvalue weighted by molar-refractivity contribution is -0.117. The van der Waals surface area contributed by atoms with Crippen LogP contribution in [0.2, 0.25) is 0 Å². The van der Waals surface area contributed by atoms with E-state index in [4.69, 9.17) is 4.74 Å². The summed E-state index contributed by atoms with van der Waals surface area (Å²) in [5.41, 5.74) is 0.908. The first-order valence-corrected chi connectivity index (χ1v) is 9.59. The fourth-order valence-electron chi connectivity index (χ4n) is 2.99. The van der Waals surface area contributed by atoms with E-state index in [1.54, 1.807) is 32.0 Å². The number of Topliss-reactive ketones (excluding diaryl/α,β-unsaturated/α-hetero) is 1. The standard InChI is InChI=1S/C20H21N3O4S/c1-11(24)9-10-23-13(3)21-19-16(20(23)26)12(2)17(28-19)18(25)22-14-7-5-6-8-15(14)27-4/h5-8H,9-10H2,1-4H3,(H,22,25). The lowest BCUT2D eigenvalue weighted by Crippen LogP contribution is -2.24. The number of aryl methyl sites for hydroxylation is 2. The number of amides is 1. The van der Waals surface area contributed by atoms with Gasteiger partial charge >= 0.3 is 0 Å². The van der Waals surface area contributed by atoms with Gasteiger partial charge in [-0.1, -0.05) is 12.1 Å². The average molecular weight is 399 g/mol. The summed E-state index contributed by atoms with van der Waals surface area (Å²) in [5, 5.41) is 3.25. The Kier molecular flexibility index (Phi) is 5.60. The van der Waals surface area contributed by atoms with Gasteiger partial charge in [0.25, 0.3) is 11.5 Å². The molecule has 0 unspecified atom stereocenters. The summed E-state index contributed by atoms with van der Waals surface area (Å²) in [6.07, 6.45) is 0.262. The normalized spacial score (nSPS) is 10.9. The number of aromatic nitrogens is 2. The summed E-state index contributed by atoms with van der Waals surface area (Å²) in [4.78, 5) is 42.5. The highest BCUT2D eigenvalue weighted by atomic mass is 32.1. The van der Waals surface area contributed by atoms with Gasteiger partial charge in [-0.05, 0) is 38.5 Å². The van der Waals surface area contributed by atoms with Gasteiger partial charge < -0.3 is 10.1 Å². The molecule has 2 heterocycles. The molecule has 1 amide bonds. The van der Waals surface area contributed by atoms with Crippen LogP contribution in [0.25, 0.3) is 10.2 Å². The number of methoxy groups -OCH3 is 1. The Hall–Kier alpha value is -3.00. The summed E-state index contributed by atoms with van der Waals surface area (Å²) in [7, 11) is 1.53. The third kappa shape index (κ3) is 3.68. The van der Waals surface area contributed by atoms with Crippen molar-refractivity contribution in [2.24, 2.45) is 0 Å². The minimum Gasteiger partial charge on any atom is -0.495 e. The van der Waals surface area contributed by atoms with Crippen LogP contribution in [-0.2, 0) is 11.3 Å². The Labute approximate surface area is 166 Å². The largest absolute Gasteiger partial charge is 0.495 e. The second-order valence-corrected chi connectivity index (χ2v) is 7.46. The number of nitrogens with one attached hydrogen (secondary N) is 1. The van der Waals surface area contributed by atoms with Crippen molar-refractivity contribution in [3.05, 3.63) is 50.9 Å². The number of anilines is 1. The lowest BCUT2D eigenvalue weighted by Gasteiger charge is -2.09. The van der Waals surface area contributed by atoms with Gasteiger partial charge in [0.2, 0.25) is 0 Å². The highest BCUT2D eigenvalue weighted by Crippen LogP contribution is 2.30. The van der Waals surface area contributed by atoms with Gasteiger partial charge in [-0.2, -0.15) is 0 Å². The number of thiophene rings is 1. The molecule has 3 aromatic rings. The Morgan fingerprint density at radius 3 is 2.64 bits per heavy atom. The summed E-state index contributed by atoms with van der Waals surface area (Å²) in [5.74, 6) is 0.759. The van der Waals surface area contributed by atoms with Crippen LogP contribution in [0.4, 0.5) is 5.69 Å².